The Kier molecular flexibility index (Phi) is 3.99. The Labute approximate surface area is 107 Å². The van der Waals surface area contributed by atoms with Gasteiger partial charge in [0.2, 0.25) is 0 Å². The predicted molar refractivity (Wildman–Crippen MR) is 72.3 cm³/mol. The summed E-state index contributed by atoms with van der Waals surface area (Å²) in [6, 6.07) is 12.3. The highest BCUT2D eigenvalue weighted by Gasteiger charge is 2.00. The minimum Gasteiger partial charge on any atom is -0.366 e. The fraction of sp³-hybridized carbons (Fsp3) is 0.214. The Morgan fingerprint density at radius 3 is 2.65 bits per heavy atom. The van der Waals surface area contributed by atoms with Crippen molar-refractivity contribution in [2.24, 2.45) is 0 Å². The van der Waals surface area contributed by atoms with E-state index >= 15 is 0 Å². The first-order valence-corrected chi connectivity index (χ1v) is 6.12. The van der Waals surface area contributed by atoms with E-state index in [0.717, 1.165) is 17.9 Å². The van der Waals surface area contributed by atoms with E-state index in [4.69, 9.17) is 11.6 Å². The number of nitrogens with one attached hydrogen (secondary N) is 1. The van der Waals surface area contributed by atoms with Gasteiger partial charge in [0.15, 0.2) is 0 Å². The molecule has 0 bridgehead atoms. The topological polar surface area (TPSA) is 24.9 Å². The van der Waals surface area contributed by atoms with Crippen molar-refractivity contribution in [1.82, 2.24) is 4.98 Å². The lowest BCUT2D eigenvalue weighted by molar-refractivity contribution is 1.09. The molecule has 0 aliphatic carbocycles. The van der Waals surface area contributed by atoms with Crippen LogP contribution in [0.3, 0.4) is 0 Å². The van der Waals surface area contributed by atoms with E-state index in [-0.39, 0.29) is 0 Å². The van der Waals surface area contributed by atoms with Crippen molar-refractivity contribution in [2.75, 3.05) is 5.32 Å². The molecule has 0 fully saturated rings. The predicted octanol–water partition coefficient (Wildman–Crippen LogP) is 3.74. The summed E-state index contributed by atoms with van der Waals surface area (Å²) in [7, 11) is 0. The van der Waals surface area contributed by atoms with Gasteiger partial charge in [0.05, 0.1) is 0 Å². The van der Waals surface area contributed by atoms with Crippen molar-refractivity contribution < 1.29 is 0 Å². The lowest BCUT2D eigenvalue weighted by Crippen LogP contribution is -2.02. The van der Waals surface area contributed by atoms with Gasteiger partial charge in [-0.1, -0.05) is 30.3 Å². The van der Waals surface area contributed by atoms with E-state index in [1.165, 1.54) is 11.1 Å². The van der Waals surface area contributed by atoms with Crippen molar-refractivity contribution in [1.29, 1.82) is 0 Å². The van der Waals surface area contributed by atoms with E-state index in [1.54, 1.807) is 0 Å². The Bertz CT molecular complexity index is 483. The van der Waals surface area contributed by atoms with E-state index in [1.807, 2.05) is 37.4 Å². The number of benzene rings is 1. The monoisotopic (exact) mass is 246 g/mol. The second-order valence-electron chi connectivity index (χ2n) is 3.97. The van der Waals surface area contributed by atoms with Crippen molar-refractivity contribution in [3.63, 3.8) is 0 Å². The Morgan fingerprint density at radius 1 is 1.24 bits per heavy atom. The first kappa shape index (κ1) is 11.9. The summed E-state index contributed by atoms with van der Waals surface area (Å²) in [6.45, 7) is 2.83. The number of alkyl halides is 1. The van der Waals surface area contributed by atoms with Gasteiger partial charge in [-0.2, -0.15) is 0 Å². The second-order valence-corrected chi connectivity index (χ2v) is 4.24. The Hall–Kier alpha value is -1.54. The number of hydrogen-bond donors (Lipinski definition) is 1. The number of halogens is 1. The first-order valence-electron chi connectivity index (χ1n) is 5.59. The van der Waals surface area contributed by atoms with E-state index < -0.39 is 0 Å². The summed E-state index contributed by atoms with van der Waals surface area (Å²) in [5, 5.41) is 3.30. The van der Waals surface area contributed by atoms with Crippen LogP contribution in [0.2, 0.25) is 0 Å². The van der Waals surface area contributed by atoms with Crippen molar-refractivity contribution in [2.45, 2.75) is 19.3 Å². The van der Waals surface area contributed by atoms with Crippen molar-refractivity contribution in [3.05, 3.63) is 59.3 Å². The fourth-order valence-corrected chi connectivity index (χ4v) is 1.89. The van der Waals surface area contributed by atoms with E-state index in [9.17, 15) is 0 Å². The minimum absolute atomic E-state index is 0.512. The quantitative estimate of drug-likeness (QED) is 0.832. The standard InChI is InChI=1S/C14H15ClN2/c1-11-7-14(17-10-13(11)8-15)16-9-12-5-3-2-4-6-12/h2-7,10H,8-9H2,1H3,(H,16,17). The Morgan fingerprint density at radius 2 is 2.00 bits per heavy atom. The minimum atomic E-state index is 0.512. The number of hydrogen-bond acceptors (Lipinski definition) is 2. The summed E-state index contributed by atoms with van der Waals surface area (Å²) in [5.41, 5.74) is 3.50. The van der Waals surface area contributed by atoms with Crippen LogP contribution in [-0.2, 0) is 12.4 Å². The highest BCUT2D eigenvalue weighted by atomic mass is 35.5. The van der Waals surface area contributed by atoms with Gasteiger partial charge in [0, 0.05) is 18.6 Å². The van der Waals surface area contributed by atoms with Gasteiger partial charge in [0.25, 0.3) is 0 Å². The summed E-state index contributed by atoms with van der Waals surface area (Å²) >= 11 is 5.80. The summed E-state index contributed by atoms with van der Waals surface area (Å²) < 4.78 is 0. The maximum atomic E-state index is 5.80. The fourth-order valence-electron chi connectivity index (χ4n) is 1.61. The van der Waals surface area contributed by atoms with E-state index in [2.05, 4.69) is 22.4 Å². The molecular weight excluding hydrogens is 232 g/mol. The molecule has 0 radical (unpaired) electrons. The van der Waals surface area contributed by atoms with Crippen LogP contribution in [0.15, 0.2) is 42.6 Å². The summed E-state index contributed by atoms with van der Waals surface area (Å²) in [5.74, 6) is 1.40. The third-order valence-corrected chi connectivity index (χ3v) is 2.97. The number of aromatic nitrogens is 1. The largest absolute Gasteiger partial charge is 0.366 e. The smallest absolute Gasteiger partial charge is 0.126 e. The number of anilines is 1. The molecule has 1 N–H and O–H groups in total. The van der Waals surface area contributed by atoms with Crippen LogP contribution in [0.25, 0.3) is 0 Å². The van der Waals surface area contributed by atoms with Crippen molar-refractivity contribution in [3.8, 4) is 0 Å². The van der Waals surface area contributed by atoms with Gasteiger partial charge in [-0.3, -0.25) is 0 Å². The number of rotatable bonds is 4. The average molecular weight is 247 g/mol. The second kappa shape index (κ2) is 5.69. The molecule has 2 nitrogen and oxygen atoms in total. The third-order valence-electron chi connectivity index (χ3n) is 2.68. The van der Waals surface area contributed by atoms with Gasteiger partial charge in [-0.15, -0.1) is 11.6 Å². The molecule has 88 valence electrons. The molecule has 0 saturated carbocycles. The summed E-state index contributed by atoms with van der Waals surface area (Å²) in [6.07, 6.45) is 1.83. The van der Waals surface area contributed by atoms with Crippen LogP contribution in [0.5, 0.6) is 0 Å². The zero-order valence-corrected chi connectivity index (χ0v) is 10.5. The van der Waals surface area contributed by atoms with Gasteiger partial charge in [-0.25, -0.2) is 4.98 Å². The molecule has 0 aliphatic rings. The van der Waals surface area contributed by atoms with Crippen LogP contribution in [0.4, 0.5) is 5.82 Å². The maximum Gasteiger partial charge on any atom is 0.126 e. The van der Waals surface area contributed by atoms with E-state index in [0.29, 0.717) is 5.88 Å². The lowest BCUT2D eigenvalue weighted by atomic mass is 10.2. The normalized spacial score (nSPS) is 10.2. The van der Waals surface area contributed by atoms with Gasteiger partial charge in [-0.05, 0) is 29.7 Å². The number of nitrogens with zero attached hydrogens (tertiary/aromatic N) is 1. The lowest BCUT2D eigenvalue weighted by Gasteiger charge is -2.08. The molecule has 0 atom stereocenters. The molecule has 0 amide bonds. The highest BCUT2D eigenvalue weighted by molar-refractivity contribution is 6.17. The molecule has 2 rings (SSSR count). The Balaban J connectivity index is 2.02. The van der Waals surface area contributed by atoms with Crippen LogP contribution in [0, 0.1) is 6.92 Å². The molecule has 0 unspecified atom stereocenters. The molecular formula is C14H15ClN2. The molecule has 1 heterocycles. The van der Waals surface area contributed by atoms with Gasteiger partial charge >= 0.3 is 0 Å². The SMILES string of the molecule is Cc1cc(NCc2ccccc2)ncc1CCl. The zero-order chi connectivity index (χ0) is 12.1. The molecule has 1 aromatic carbocycles. The van der Waals surface area contributed by atoms with Crippen LogP contribution >= 0.6 is 11.6 Å². The van der Waals surface area contributed by atoms with Crippen LogP contribution in [0.1, 0.15) is 16.7 Å². The third kappa shape index (κ3) is 3.21. The molecule has 1 aromatic heterocycles. The molecule has 0 saturated heterocycles. The maximum absolute atomic E-state index is 5.80. The first-order chi connectivity index (χ1) is 8.29. The number of pyridine rings is 1. The molecule has 3 heteroatoms. The molecule has 17 heavy (non-hydrogen) atoms. The van der Waals surface area contributed by atoms with Crippen molar-refractivity contribution >= 4 is 17.4 Å². The van der Waals surface area contributed by atoms with Gasteiger partial charge < -0.3 is 5.32 Å². The highest BCUT2D eigenvalue weighted by Crippen LogP contribution is 2.14. The molecule has 0 spiro atoms. The molecule has 2 aromatic rings. The molecule has 0 aliphatic heterocycles. The average Bonchev–Trinajstić information content (AvgIpc) is 2.38. The van der Waals surface area contributed by atoms with Gasteiger partial charge in [0.1, 0.15) is 5.82 Å². The summed E-state index contributed by atoms with van der Waals surface area (Å²) in [4.78, 5) is 4.33. The van der Waals surface area contributed by atoms with Crippen LogP contribution in [-0.4, -0.2) is 4.98 Å². The number of aryl methyl sites for hydroxylation is 1. The zero-order valence-electron chi connectivity index (χ0n) is 9.78. The van der Waals surface area contributed by atoms with Crippen LogP contribution < -0.4 is 5.32 Å².